The average Bonchev–Trinajstić information content (AvgIpc) is 3.36. The molecule has 0 saturated heterocycles. The van der Waals surface area contributed by atoms with Gasteiger partial charge in [-0.1, -0.05) is 287 Å². The zero-order valence-electron chi connectivity index (χ0n) is 49.8. The Bertz CT molecular complexity index is 1340. The maximum Gasteiger partial charge on any atom is 0.268 e. The van der Waals surface area contributed by atoms with Gasteiger partial charge in [0.05, 0.1) is 39.9 Å². The first-order chi connectivity index (χ1) is 36.0. The van der Waals surface area contributed by atoms with Crippen molar-refractivity contribution in [2.24, 2.45) is 0 Å². The van der Waals surface area contributed by atoms with Crippen LogP contribution in [-0.2, 0) is 18.4 Å². The molecule has 0 radical (unpaired) electrons. The number of aliphatic hydroxyl groups is 1. The number of aliphatic hydroxyl groups excluding tert-OH is 1. The number of nitrogens with zero attached hydrogens (tertiary/aromatic N) is 1. The first-order valence-corrected chi connectivity index (χ1v) is 33.5. The Balaban J connectivity index is 4.17. The van der Waals surface area contributed by atoms with Crippen LogP contribution in [0.5, 0.6) is 0 Å². The van der Waals surface area contributed by atoms with Gasteiger partial charge in [0, 0.05) is 6.42 Å². The van der Waals surface area contributed by atoms with Crippen molar-refractivity contribution in [2.45, 2.75) is 321 Å². The van der Waals surface area contributed by atoms with Gasteiger partial charge < -0.3 is 28.8 Å². The average molecular weight is 1060 g/mol. The van der Waals surface area contributed by atoms with E-state index in [1.807, 2.05) is 27.2 Å². The van der Waals surface area contributed by atoms with Crippen LogP contribution in [-0.4, -0.2) is 68.5 Å². The number of quaternary nitrogens is 1. The topological polar surface area (TPSA) is 108 Å². The molecule has 1 amide bonds. The van der Waals surface area contributed by atoms with E-state index in [9.17, 15) is 19.4 Å². The molecule has 3 unspecified atom stereocenters. The molecule has 2 N–H and O–H groups in total. The zero-order valence-corrected chi connectivity index (χ0v) is 50.7. The summed E-state index contributed by atoms with van der Waals surface area (Å²) in [6, 6.07) is -0.905. The lowest BCUT2D eigenvalue weighted by Crippen LogP contribution is -2.45. The minimum Gasteiger partial charge on any atom is -0.756 e. The summed E-state index contributed by atoms with van der Waals surface area (Å²) >= 11 is 0. The second kappa shape index (κ2) is 56.2. The van der Waals surface area contributed by atoms with E-state index in [0.717, 1.165) is 44.9 Å². The molecule has 0 spiro atoms. The number of carbonyl (C=O) groups excluding carboxylic acids is 1. The van der Waals surface area contributed by atoms with Crippen molar-refractivity contribution < 1.29 is 32.9 Å². The second-order valence-corrected chi connectivity index (χ2v) is 24.5. The van der Waals surface area contributed by atoms with Gasteiger partial charge in [-0.15, -0.1) is 0 Å². The van der Waals surface area contributed by atoms with E-state index in [2.05, 4.69) is 55.6 Å². The number of unbranched alkanes of at least 4 members (excludes halogenated alkanes) is 40. The molecule has 3 atom stereocenters. The third-order valence-corrected chi connectivity index (χ3v) is 15.5. The lowest BCUT2D eigenvalue weighted by molar-refractivity contribution is -0.870. The number of hydrogen-bond donors (Lipinski definition) is 2. The molecule has 0 aliphatic carbocycles. The summed E-state index contributed by atoms with van der Waals surface area (Å²) < 4.78 is 23.4. The standard InChI is InChI=1S/C65H125N2O6P/c1-6-8-10-12-14-16-18-20-22-24-26-28-30-32-33-35-37-39-41-43-45-47-49-51-53-55-57-59-65(69)66-63(62-73-74(70,71)72-61-60-67(3,4)5)64(68)58-56-54-52-50-48-46-44-42-40-38-36-34-31-29-27-25-23-21-19-17-15-13-11-9-7-2/h18,20,24,26,48,50,56,58,63-64,68H,6-17,19,21-23,25,27-47,49,51-55,57,59-62H2,1-5H3,(H-,66,69,70,71)/b20-18-,26-24-,50-48+,58-56+. The highest BCUT2D eigenvalue weighted by Gasteiger charge is 2.23. The molecule has 0 aliphatic rings. The number of nitrogens with one attached hydrogen (secondary N) is 1. The van der Waals surface area contributed by atoms with Crippen molar-refractivity contribution >= 4 is 13.7 Å². The molecule has 0 fully saturated rings. The van der Waals surface area contributed by atoms with Gasteiger partial charge in [0.25, 0.3) is 7.82 Å². The summed E-state index contributed by atoms with van der Waals surface area (Å²) in [6.45, 7) is 4.66. The highest BCUT2D eigenvalue weighted by Crippen LogP contribution is 2.38. The van der Waals surface area contributed by atoms with Crippen LogP contribution in [0.4, 0.5) is 0 Å². The normalized spacial score (nSPS) is 14.1. The smallest absolute Gasteiger partial charge is 0.268 e. The molecule has 9 heteroatoms. The van der Waals surface area contributed by atoms with E-state index in [1.54, 1.807) is 6.08 Å². The van der Waals surface area contributed by atoms with Crippen molar-refractivity contribution in [3.8, 4) is 0 Å². The Hall–Kier alpha value is -1.54. The SMILES string of the molecule is CCCCCCC/C=C\C/C=C\CCCCCCCCCCCCCCCCCC(=O)NC(COP(=O)([O-])OCC[N+](C)(C)C)C(O)/C=C/CC/C=C/CCCCCCCCCCCCCCCCCCCCC. The molecule has 0 rings (SSSR count). The molecule has 0 heterocycles. The van der Waals surface area contributed by atoms with Gasteiger partial charge >= 0.3 is 0 Å². The molecule has 0 aromatic rings. The fourth-order valence-electron chi connectivity index (χ4n) is 9.50. The van der Waals surface area contributed by atoms with Crippen molar-refractivity contribution in [1.29, 1.82) is 0 Å². The van der Waals surface area contributed by atoms with E-state index >= 15 is 0 Å². The first-order valence-electron chi connectivity index (χ1n) is 32.0. The van der Waals surface area contributed by atoms with Gasteiger partial charge in [-0.25, -0.2) is 0 Å². The lowest BCUT2D eigenvalue weighted by Gasteiger charge is -2.29. The number of carbonyl (C=O) groups is 1. The summed E-state index contributed by atoms with van der Waals surface area (Å²) in [6.07, 6.45) is 75.0. The van der Waals surface area contributed by atoms with Gasteiger partial charge in [0.2, 0.25) is 5.91 Å². The molecule has 8 nitrogen and oxygen atoms in total. The maximum atomic E-state index is 13.0. The molecular weight excluding hydrogens is 936 g/mol. The maximum absolute atomic E-state index is 13.0. The lowest BCUT2D eigenvalue weighted by atomic mass is 10.0. The van der Waals surface area contributed by atoms with Crippen molar-refractivity contribution in [1.82, 2.24) is 5.32 Å². The summed E-state index contributed by atoms with van der Waals surface area (Å²) in [5.41, 5.74) is 0. The van der Waals surface area contributed by atoms with Crippen LogP contribution in [0, 0.1) is 0 Å². The number of rotatable bonds is 59. The summed E-state index contributed by atoms with van der Waals surface area (Å²) in [7, 11) is 1.25. The number of phosphoric acid groups is 1. The van der Waals surface area contributed by atoms with Gasteiger partial charge in [-0.2, -0.15) is 0 Å². The predicted molar refractivity (Wildman–Crippen MR) is 321 cm³/mol. The highest BCUT2D eigenvalue weighted by atomic mass is 31.2. The first kappa shape index (κ1) is 72.5. The summed E-state index contributed by atoms with van der Waals surface area (Å²) in [5.74, 6) is -0.204. The Morgan fingerprint density at radius 3 is 1.18 bits per heavy atom. The van der Waals surface area contributed by atoms with Gasteiger partial charge in [0.15, 0.2) is 0 Å². The molecule has 74 heavy (non-hydrogen) atoms. The fourth-order valence-corrected chi connectivity index (χ4v) is 10.2. The molecule has 0 bridgehead atoms. The summed E-state index contributed by atoms with van der Waals surface area (Å²) in [5, 5.41) is 13.9. The van der Waals surface area contributed by atoms with Gasteiger partial charge in [-0.05, 0) is 64.2 Å². The Morgan fingerprint density at radius 1 is 0.473 bits per heavy atom. The minimum absolute atomic E-state index is 0.00607. The number of likely N-dealkylation sites (N-methyl/N-ethyl adjacent to an activating group) is 1. The van der Waals surface area contributed by atoms with E-state index in [0.29, 0.717) is 17.4 Å². The number of amides is 1. The predicted octanol–water partition coefficient (Wildman–Crippen LogP) is 19.2. The molecule has 0 aromatic heterocycles. The second-order valence-electron chi connectivity index (χ2n) is 23.1. The minimum atomic E-state index is -4.61. The van der Waals surface area contributed by atoms with E-state index < -0.39 is 26.6 Å². The fraction of sp³-hybridized carbons (Fsp3) is 0.862. The molecule has 0 aliphatic heterocycles. The van der Waals surface area contributed by atoms with Crippen LogP contribution in [0.25, 0.3) is 0 Å². The van der Waals surface area contributed by atoms with Crippen LogP contribution in [0.1, 0.15) is 309 Å². The molecule has 0 saturated carbocycles. The highest BCUT2D eigenvalue weighted by molar-refractivity contribution is 7.45. The van der Waals surface area contributed by atoms with Crippen LogP contribution in [0.3, 0.4) is 0 Å². The third-order valence-electron chi connectivity index (χ3n) is 14.5. The third kappa shape index (κ3) is 58.1. The van der Waals surface area contributed by atoms with Crippen molar-refractivity contribution in [3.05, 3.63) is 48.6 Å². The van der Waals surface area contributed by atoms with Gasteiger partial charge in [0.1, 0.15) is 13.2 Å². The molecule has 0 aromatic carbocycles. The van der Waals surface area contributed by atoms with Crippen molar-refractivity contribution in [3.63, 3.8) is 0 Å². The van der Waals surface area contributed by atoms with E-state index in [1.165, 1.54) is 244 Å². The van der Waals surface area contributed by atoms with Crippen molar-refractivity contribution in [2.75, 3.05) is 40.9 Å². The monoisotopic (exact) mass is 1060 g/mol. The van der Waals surface area contributed by atoms with Crippen LogP contribution in [0.2, 0.25) is 0 Å². The largest absolute Gasteiger partial charge is 0.756 e. The zero-order chi connectivity index (χ0) is 54.2. The summed E-state index contributed by atoms with van der Waals surface area (Å²) in [4.78, 5) is 25.6. The van der Waals surface area contributed by atoms with E-state index in [-0.39, 0.29) is 12.5 Å². The number of allylic oxidation sites excluding steroid dienone is 7. The number of phosphoric ester groups is 1. The Morgan fingerprint density at radius 2 is 0.797 bits per heavy atom. The Kier molecular flexibility index (Phi) is 55.0. The van der Waals surface area contributed by atoms with Crippen LogP contribution in [0.15, 0.2) is 48.6 Å². The van der Waals surface area contributed by atoms with Crippen LogP contribution < -0.4 is 10.2 Å². The van der Waals surface area contributed by atoms with E-state index in [4.69, 9.17) is 9.05 Å². The van der Waals surface area contributed by atoms with Crippen LogP contribution >= 0.6 is 7.82 Å². The number of hydrogen-bond acceptors (Lipinski definition) is 6. The molecule has 436 valence electrons. The molecular formula is C65H125N2O6P. The quantitative estimate of drug-likeness (QED) is 0.0272. The Labute approximate surface area is 460 Å². The van der Waals surface area contributed by atoms with Gasteiger partial charge in [-0.3, -0.25) is 9.36 Å².